The maximum atomic E-state index is 12.4. The van der Waals surface area contributed by atoms with E-state index in [1.54, 1.807) is 11.8 Å². The Labute approximate surface area is 192 Å². The number of para-hydroxylation sites is 1. The Morgan fingerprint density at radius 1 is 0.938 bits per heavy atom. The van der Waals surface area contributed by atoms with E-state index in [0.717, 1.165) is 66.7 Å². The number of rotatable bonds is 7. The van der Waals surface area contributed by atoms with E-state index in [0.29, 0.717) is 11.6 Å². The number of hydrogen-bond donors (Lipinski definition) is 0. The first-order valence-corrected chi connectivity index (χ1v) is 12.3. The monoisotopic (exact) mass is 445 g/mol. The predicted molar refractivity (Wildman–Crippen MR) is 129 cm³/mol. The molecule has 164 valence electrons. The highest BCUT2D eigenvalue weighted by Gasteiger charge is 2.17. The number of carbonyl (C=O) groups is 1. The van der Waals surface area contributed by atoms with Crippen LogP contribution in [0, 0.1) is 0 Å². The van der Waals surface area contributed by atoms with Gasteiger partial charge in [-0.25, -0.2) is 4.98 Å². The molecule has 0 radical (unpaired) electrons. The summed E-state index contributed by atoms with van der Waals surface area (Å²) in [5.41, 5.74) is 4.03. The van der Waals surface area contributed by atoms with Gasteiger partial charge in [0.25, 0.3) is 0 Å². The molecule has 4 aromatic rings. The van der Waals surface area contributed by atoms with Crippen LogP contribution in [0.3, 0.4) is 0 Å². The van der Waals surface area contributed by atoms with Gasteiger partial charge < -0.3 is 9.47 Å². The van der Waals surface area contributed by atoms with E-state index in [1.165, 1.54) is 12.0 Å². The van der Waals surface area contributed by atoms with Crippen molar-refractivity contribution in [1.82, 2.24) is 24.6 Å². The van der Waals surface area contributed by atoms with E-state index in [-0.39, 0.29) is 5.91 Å². The maximum Gasteiger partial charge on any atom is 0.222 e. The second-order valence-corrected chi connectivity index (χ2v) is 9.31. The second kappa shape index (κ2) is 9.69. The SMILES string of the molecule is O=C(CCCSc1nnc2c3ccccc3n(Cc3ccccc3)c2n1)N1CCCCC1. The van der Waals surface area contributed by atoms with Gasteiger partial charge >= 0.3 is 0 Å². The van der Waals surface area contributed by atoms with Gasteiger partial charge in [-0.3, -0.25) is 4.79 Å². The third kappa shape index (κ3) is 4.48. The Bertz CT molecular complexity index is 1220. The average Bonchev–Trinajstić information content (AvgIpc) is 3.16. The molecule has 2 aromatic carbocycles. The van der Waals surface area contributed by atoms with Crippen molar-refractivity contribution in [2.24, 2.45) is 0 Å². The summed E-state index contributed by atoms with van der Waals surface area (Å²) in [6.45, 7) is 2.57. The first-order valence-electron chi connectivity index (χ1n) is 11.4. The van der Waals surface area contributed by atoms with E-state index in [9.17, 15) is 4.79 Å². The van der Waals surface area contributed by atoms with Gasteiger partial charge in [-0.05, 0) is 37.3 Å². The second-order valence-electron chi connectivity index (χ2n) is 8.25. The first-order chi connectivity index (χ1) is 15.8. The zero-order valence-corrected chi connectivity index (χ0v) is 18.9. The number of thioether (sulfide) groups is 1. The zero-order valence-electron chi connectivity index (χ0n) is 18.1. The van der Waals surface area contributed by atoms with Gasteiger partial charge in [0.05, 0.1) is 5.52 Å². The lowest BCUT2D eigenvalue weighted by molar-refractivity contribution is -0.132. The minimum atomic E-state index is 0.280. The van der Waals surface area contributed by atoms with E-state index >= 15 is 0 Å². The molecule has 32 heavy (non-hydrogen) atoms. The predicted octanol–water partition coefficient (Wildman–Crippen LogP) is 4.91. The van der Waals surface area contributed by atoms with Gasteiger partial charge in [-0.1, -0.05) is 60.3 Å². The number of likely N-dealkylation sites (tertiary alicyclic amines) is 1. The molecule has 0 unspecified atom stereocenters. The summed E-state index contributed by atoms with van der Waals surface area (Å²) in [5, 5.41) is 10.6. The molecule has 6 nitrogen and oxygen atoms in total. The van der Waals surface area contributed by atoms with Crippen molar-refractivity contribution in [3.8, 4) is 0 Å². The van der Waals surface area contributed by atoms with Crippen molar-refractivity contribution in [2.45, 2.75) is 43.8 Å². The number of piperidine rings is 1. The summed E-state index contributed by atoms with van der Waals surface area (Å²) < 4.78 is 2.22. The highest BCUT2D eigenvalue weighted by atomic mass is 32.2. The summed E-state index contributed by atoms with van der Waals surface area (Å²) in [5.74, 6) is 1.09. The Hall–Kier alpha value is -2.93. The van der Waals surface area contributed by atoms with E-state index in [1.807, 2.05) is 23.1 Å². The van der Waals surface area contributed by atoms with E-state index in [2.05, 4.69) is 51.2 Å². The number of aromatic nitrogens is 4. The number of benzene rings is 2. The molecule has 0 saturated carbocycles. The first kappa shape index (κ1) is 20.9. The molecule has 1 aliphatic rings. The molecule has 1 fully saturated rings. The van der Waals surface area contributed by atoms with Crippen LogP contribution in [0.5, 0.6) is 0 Å². The number of hydrogen-bond acceptors (Lipinski definition) is 5. The molecule has 5 rings (SSSR count). The molecule has 0 spiro atoms. The third-order valence-electron chi connectivity index (χ3n) is 6.01. The molecule has 1 amide bonds. The standard InChI is InChI=1S/C25H27N5OS/c31-22(29-15-7-2-8-16-29)14-9-17-32-25-26-24-23(27-28-25)20-12-5-6-13-21(20)30(24)18-19-10-3-1-4-11-19/h1,3-6,10-13H,2,7-9,14-18H2. The molecule has 0 aliphatic carbocycles. The van der Waals surface area contributed by atoms with Crippen LogP contribution >= 0.6 is 11.8 Å². The normalized spacial score (nSPS) is 14.3. The molecule has 1 saturated heterocycles. The summed E-state index contributed by atoms with van der Waals surface area (Å²) in [7, 11) is 0. The van der Waals surface area contributed by atoms with Crippen molar-refractivity contribution < 1.29 is 4.79 Å². The summed E-state index contributed by atoms with van der Waals surface area (Å²) in [4.78, 5) is 19.3. The third-order valence-corrected chi connectivity index (χ3v) is 6.94. The van der Waals surface area contributed by atoms with Gasteiger partial charge in [-0.2, -0.15) is 0 Å². The fourth-order valence-corrected chi connectivity index (χ4v) is 5.09. The van der Waals surface area contributed by atoms with Crippen molar-refractivity contribution in [1.29, 1.82) is 0 Å². The van der Waals surface area contributed by atoms with Crippen molar-refractivity contribution in [2.75, 3.05) is 18.8 Å². The number of amides is 1. The molecule has 1 aliphatic heterocycles. The van der Waals surface area contributed by atoms with Crippen LogP contribution in [0.25, 0.3) is 22.1 Å². The lowest BCUT2D eigenvalue weighted by atomic mass is 10.1. The molecular weight excluding hydrogens is 418 g/mol. The fraction of sp³-hybridized carbons (Fsp3) is 0.360. The highest BCUT2D eigenvalue weighted by molar-refractivity contribution is 7.99. The minimum Gasteiger partial charge on any atom is -0.343 e. The van der Waals surface area contributed by atoms with Crippen molar-refractivity contribution in [3.05, 3.63) is 60.2 Å². The van der Waals surface area contributed by atoms with Gasteiger partial charge in [0.15, 0.2) is 5.65 Å². The Kier molecular flexibility index (Phi) is 6.34. The van der Waals surface area contributed by atoms with Gasteiger partial charge in [0.2, 0.25) is 11.1 Å². The largest absolute Gasteiger partial charge is 0.343 e. The lowest BCUT2D eigenvalue weighted by Gasteiger charge is -2.26. The summed E-state index contributed by atoms with van der Waals surface area (Å²) in [6, 6.07) is 18.7. The van der Waals surface area contributed by atoms with Gasteiger partial charge in [-0.15, -0.1) is 10.2 Å². The summed E-state index contributed by atoms with van der Waals surface area (Å²) >= 11 is 1.58. The van der Waals surface area contributed by atoms with Crippen LogP contribution < -0.4 is 0 Å². The molecule has 3 heterocycles. The zero-order chi connectivity index (χ0) is 21.8. The molecule has 2 aromatic heterocycles. The van der Waals surface area contributed by atoms with Crippen LogP contribution in [0.1, 0.15) is 37.7 Å². The smallest absolute Gasteiger partial charge is 0.222 e. The van der Waals surface area contributed by atoms with E-state index < -0.39 is 0 Å². The van der Waals surface area contributed by atoms with E-state index in [4.69, 9.17) is 4.98 Å². The lowest BCUT2D eigenvalue weighted by Crippen LogP contribution is -2.35. The van der Waals surface area contributed by atoms with Crippen molar-refractivity contribution >= 4 is 39.7 Å². The highest BCUT2D eigenvalue weighted by Crippen LogP contribution is 2.28. The molecule has 7 heteroatoms. The Morgan fingerprint density at radius 2 is 1.72 bits per heavy atom. The number of nitrogens with zero attached hydrogens (tertiary/aromatic N) is 5. The van der Waals surface area contributed by atoms with Gasteiger partial charge in [0.1, 0.15) is 5.52 Å². The number of fused-ring (bicyclic) bond motifs is 3. The molecular formula is C25H27N5OS. The maximum absolute atomic E-state index is 12.4. The number of carbonyl (C=O) groups excluding carboxylic acids is 1. The van der Waals surface area contributed by atoms with Crippen LogP contribution in [0.4, 0.5) is 0 Å². The Balaban J connectivity index is 1.32. The van der Waals surface area contributed by atoms with Gasteiger partial charge in [0, 0.05) is 37.2 Å². The Morgan fingerprint density at radius 3 is 2.56 bits per heavy atom. The molecule has 0 atom stereocenters. The topological polar surface area (TPSA) is 63.9 Å². The average molecular weight is 446 g/mol. The van der Waals surface area contributed by atoms with Crippen LogP contribution in [-0.4, -0.2) is 49.4 Å². The summed E-state index contributed by atoms with van der Waals surface area (Å²) in [6.07, 6.45) is 4.94. The van der Waals surface area contributed by atoms with Crippen molar-refractivity contribution in [3.63, 3.8) is 0 Å². The fourth-order valence-electron chi connectivity index (χ4n) is 4.36. The molecule has 0 bridgehead atoms. The quantitative estimate of drug-likeness (QED) is 0.299. The van der Waals surface area contributed by atoms with Crippen LogP contribution in [-0.2, 0) is 11.3 Å². The van der Waals surface area contributed by atoms with Crippen LogP contribution in [0.15, 0.2) is 59.8 Å². The molecule has 0 N–H and O–H groups in total. The van der Waals surface area contributed by atoms with Crippen LogP contribution in [0.2, 0.25) is 0 Å². The minimum absolute atomic E-state index is 0.280.